The van der Waals surface area contributed by atoms with Gasteiger partial charge in [-0.25, -0.2) is 4.79 Å². The van der Waals surface area contributed by atoms with Gasteiger partial charge in [-0.2, -0.15) is 0 Å². The summed E-state index contributed by atoms with van der Waals surface area (Å²) >= 11 is 5.18. The van der Waals surface area contributed by atoms with Crippen molar-refractivity contribution in [2.24, 2.45) is 0 Å². The van der Waals surface area contributed by atoms with Crippen molar-refractivity contribution < 1.29 is 13.9 Å². The Kier molecular flexibility index (Phi) is 6.13. The maximum atomic E-state index is 12.0. The number of hydrogen-bond donors (Lipinski definition) is 3. The van der Waals surface area contributed by atoms with Gasteiger partial charge in [0, 0.05) is 23.2 Å². The van der Waals surface area contributed by atoms with Gasteiger partial charge in [0.05, 0.1) is 0 Å². The van der Waals surface area contributed by atoms with Crippen molar-refractivity contribution in [1.29, 1.82) is 0 Å². The summed E-state index contributed by atoms with van der Waals surface area (Å²) in [5, 5.41) is 4.07. The molecule has 3 N–H and O–H groups in total. The zero-order valence-electron chi connectivity index (χ0n) is 16.3. The average molecular weight is 411 g/mol. The minimum atomic E-state index is -0.432. The summed E-state index contributed by atoms with van der Waals surface area (Å²) in [5.41, 5.74) is 8.93. The fraction of sp³-hybridized carbons (Fsp3) is 0.190. The third-order valence-corrected chi connectivity index (χ3v) is 4.29. The fourth-order valence-corrected chi connectivity index (χ4v) is 3.08. The monoisotopic (exact) mass is 411 g/mol. The molecular formula is C21H21N3O4S. The van der Waals surface area contributed by atoms with E-state index in [9.17, 15) is 9.59 Å². The Morgan fingerprint density at radius 2 is 1.76 bits per heavy atom. The van der Waals surface area contributed by atoms with Crippen LogP contribution in [0.5, 0.6) is 5.75 Å². The van der Waals surface area contributed by atoms with E-state index in [0.29, 0.717) is 11.3 Å². The number of ether oxygens (including phenoxy) is 1. The normalized spacial score (nSPS) is 10.4. The molecule has 3 rings (SSSR count). The second-order valence-electron chi connectivity index (χ2n) is 6.70. The first-order valence-corrected chi connectivity index (χ1v) is 9.32. The lowest BCUT2D eigenvalue weighted by Gasteiger charge is -2.13. The molecule has 150 valence electrons. The lowest BCUT2D eigenvalue weighted by molar-refractivity contribution is -0.123. The molecule has 0 aliphatic rings. The topological polar surface area (TPSA) is 92.6 Å². The minimum Gasteiger partial charge on any atom is -0.484 e. The molecule has 0 saturated carbocycles. The molecule has 2 aromatic carbocycles. The largest absolute Gasteiger partial charge is 0.484 e. The van der Waals surface area contributed by atoms with Crippen LogP contribution in [0.2, 0.25) is 0 Å². The van der Waals surface area contributed by atoms with Gasteiger partial charge in [-0.3, -0.25) is 15.6 Å². The van der Waals surface area contributed by atoms with Gasteiger partial charge in [-0.05, 0) is 73.9 Å². The molecule has 0 aliphatic heterocycles. The lowest BCUT2D eigenvalue weighted by atomic mass is 10.1. The van der Waals surface area contributed by atoms with Crippen LogP contribution in [0, 0.1) is 20.8 Å². The quantitative estimate of drug-likeness (QED) is 0.345. The highest BCUT2D eigenvalue weighted by atomic mass is 32.1. The summed E-state index contributed by atoms with van der Waals surface area (Å²) in [6.45, 7) is 5.58. The molecule has 3 aromatic rings. The van der Waals surface area contributed by atoms with Crippen molar-refractivity contribution in [3.8, 4) is 5.75 Å². The van der Waals surface area contributed by atoms with Crippen LogP contribution < -0.4 is 26.5 Å². The van der Waals surface area contributed by atoms with E-state index in [2.05, 4.69) is 22.2 Å². The first kappa shape index (κ1) is 20.3. The summed E-state index contributed by atoms with van der Waals surface area (Å²) < 4.78 is 10.6. The van der Waals surface area contributed by atoms with E-state index in [4.69, 9.17) is 21.4 Å². The number of nitrogens with one attached hydrogen (secondary N) is 3. The van der Waals surface area contributed by atoms with Crippen LogP contribution in [0.1, 0.15) is 16.7 Å². The number of hydrogen-bond acceptors (Lipinski definition) is 5. The number of carbonyl (C=O) groups is 1. The summed E-state index contributed by atoms with van der Waals surface area (Å²) in [6, 6.07) is 12.5. The molecule has 0 unspecified atom stereocenters. The van der Waals surface area contributed by atoms with Crippen LogP contribution in [0.25, 0.3) is 11.0 Å². The van der Waals surface area contributed by atoms with Crippen molar-refractivity contribution in [1.82, 2.24) is 10.9 Å². The molecule has 0 saturated heterocycles. The number of carbonyl (C=O) groups excluding carboxylic acids is 1. The molecule has 8 heteroatoms. The Labute approximate surface area is 173 Å². The summed E-state index contributed by atoms with van der Waals surface area (Å²) in [7, 11) is 0. The second kappa shape index (κ2) is 8.74. The third-order valence-electron chi connectivity index (χ3n) is 4.09. The molecule has 1 aromatic heterocycles. The highest BCUT2D eigenvalue weighted by molar-refractivity contribution is 7.80. The van der Waals surface area contributed by atoms with Crippen molar-refractivity contribution in [3.05, 3.63) is 69.6 Å². The number of fused-ring (bicyclic) bond motifs is 1. The Morgan fingerprint density at radius 1 is 1.03 bits per heavy atom. The van der Waals surface area contributed by atoms with E-state index >= 15 is 0 Å². The van der Waals surface area contributed by atoms with Crippen molar-refractivity contribution in [2.75, 3.05) is 11.9 Å². The number of thiocarbonyl (C=S) groups is 1. The number of aryl methyl sites for hydroxylation is 3. The van der Waals surface area contributed by atoms with Gasteiger partial charge >= 0.3 is 5.63 Å². The molecule has 0 aliphatic carbocycles. The number of amides is 1. The van der Waals surface area contributed by atoms with Crippen molar-refractivity contribution in [2.45, 2.75) is 20.8 Å². The van der Waals surface area contributed by atoms with Crippen LogP contribution in [0.4, 0.5) is 5.69 Å². The fourth-order valence-electron chi connectivity index (χ4n) is 2.92. The number of hydrazine groups is 1. The summed E-state index contributed by atoms with van der Waals surface area (Å²) in [5.74, 6) is -0.00213. The van der Waals surface area contributed by atoms with E-state index < -0.39 is 11.5 Å². The molecule has 0 atom stereocenters. The van der Waals surface area contributed by atoms with Gasteiger partial charge in [0.2, 0.25) is 0 Å². The Hall–Kier alpha value is -3.39. The Morgan fingerprint density at radius 3 is 2.48 bits per heavy atom. The molecule has 0 spiro atoms. The van der Waals surface area contributed by atoms with Crippen LogP contribution in [-0.4, -0.2) is 17.6 Å². The van der Waals surface area contributed by atoms with Gasteiger partial charge in [-0.1, -0.05) is 6.07 Å². The SMILES string of the molecule is Cc1cc(C)cc(NC(=S)NNC(=O)COc2ccc3c(C)cc(=O)oc3c2)c1. The predicted octanol–water partition coefficient (Wildman–Crippen LogP) is 3.11. The van der Waals surface area contributed by atoms with Crippen molar-refractivity contribution >= 4 is 39.9 Å². The van der Waals surface area contributed by atoms with E-state index in [1.807, 2.05) is 32.9 Å². The summed E-state index contributed by atoms with van der Waals surface area (Å²) in [4.78, 5) is 23.5. The van der Waals surface area contributed by atoms with Gasteiger partial charge < -0.3 is 14.5 Å². The summed E-state index contributed by atoms with van der Waals surface area (Å²) in [6.07, 6.45) is 0. The highest BCUT2D eigenvalue weighted by Crippen LogP contribution is 2.22. The molecular weight excluding hydrogens is 390 g/mol. The molecule has 7 nitrogen and oxygen atoms in total. The first-order chi connectivity index (χ1) is 13.8. The maximum absolute atomic E-state index is 12.0. The average Bonchev–Trinajstić information content (AvgIpc) is 2.63. The smallest absolute Gasteiger partial charge is 0.336 e. The van der Waals surface area contributed by atoms with Crippen LogP contribution in [0.15, 0.2) is 51.7 Å². The molecule has 29 heavy (non-hydrogen) atoms. The van der Waals surface area contributed by atoms with E-state index in [-0.39, 0.29) is 11.7 Å². The molecule has 0 radical (unpaired) electrons. The van der Waals surface area contributed by atoms with E-state index in [1.54, 1.807) is 18.2 Å². The van der Waals surface area contributed by atoms with Crippen LogP contribution in [0.3, 0.4) is 0 Å². The van der Waals surface area contributed by atoms with Crippen LogP contribution in [-0.2, 0) is 4.79 Å². The zero-order valence-corrected chi connectivity index (χ0v) is 17.1. The third kappa shape index (κ3) is 5.55. The van der Waals surface area contributed by atoms with Crippen molar-refractivity contribution in [3.63, 3.8) is 0 Å². The Bertz CT molecular complexity index is 1120. The van der Waals surface area contributed by atoms with Gasteiger partial charge in [-0.15, -0.1) is 0 Å². The van der Waals surface area contributed by atoms with Crippen LogP contribution >= 0.6 is 12.2 Å². The highest BCUT2D eigenvalue weighted by Gasteiger charge is 2.07. The van der Waals surface area contributed by atoms with Gasteiger partial charge in [0.1, 0.15) is 11.3 Å². The number of rotatable bonds is 4. The second-order valence-corrected chi connectivity index (χ2v) is 7.11. The van der Waals surface area contributed by atoms with E-state index in [1.165, 1.54) is 6.07 Å². The van der Waals surface area contributed by atoms with Gasteiger partial charge in [0.25, 0.3) is 5.91 Å². The maximum Gasteiger partial charge on any atom is 0.336 e. The Balaban J connectivity index is 1.51. The number of benzene rings is 2. The zero-order chi connectivity index (χ0) is 21.0. The van der Waals surface area contributed by atoms with Gasteiger partial charge in [0.15, 0.2) is 11.7 Å². The minimum absolute atomic E-state index is 0.235. The van der Waals surface area contributed by atoms with E-state index in [0.717, 1.165) is 27.8 Å². The standard InChI is InChI=1S/C21H21N3O4S/c1-12-6-13(2)8-15(7-12)22-21(29)24-23-19(25)11-27-16-4-5-17-14(3)9-20(26)28-18(17)10-16/h4-10H,11H2,1-3H3,(H,23,25)(H2,22,24,29). The number of anilines is 1. The molecule has 0 bridgehead atoms. The first-order valence-electron chi connectivity index (χ1n) is 8.91. The molecule has 1 heterocycles. The predicted molar refractivity (Wildman–Crippen MR) is 116 cm³/mol. The molecule has 1 amide bonds. The molecule has 0 fully saturated rings. The lowest BCUT2D eigenvalue weighted by Crippen LogP contribution is -2.45.